The second-order valence-corrected chi connectivity index (χ2v) is 2.93. The van der Waals surface area contributed by atoms with Gasteiger partial charge in [-0.05, 0) is 24.6 Å². The van der Waals surface area contributed by atoms with Gasteiger partial charge in [0.2, 0.25) is 0 Å². The van der Waals surface area contributed by atoms with E-state index in [0.29, 0.717) is 0 Å². The summed E-state index contributed by atoms with van der Waals surface area (Å²) in [7, 11) is 0. The summed E-state index contributed by atoms with van der Waals surface area (Å²) in [6, 6.07) is 15.0. The second kappa shape index (κ2) is 3.40. The van der Waals surface area contributed by atoms with E-state index in [2.05, 4.69) is 17.1 Å². The van der Waals surface area contributed by atoms with Gasteiger partial charge in [0, 0.05) is 17.5 Å². The lowest BCUT2D eigenvalue weighted by atomic mass is 10.1. The van der Waals surface area contributed by atoms with Crippen molar-refractivity contribution in [3.05, 3.63) is 54.4 Å². The van der Waals surface area contributed by atoms with Crippen molar-refractivity contribution in [1.82, 2.24) is 4.98 Å². The molecular formula is C12H10N. The van der Waals surface area contributed by atoms with Crippen molar-refractivity contribution in [2.45, 2.75) is 6.92 Å². The average Bonchev–Trinajstić information content (AvgIpc) is 2.20. The van der Waals surface area contributed by atoms with Gasteiger partial charge in [-0.15, -0.1) is 0 Å². The molecule has 0 atom stereocenters. The molecule has 2 rings (SSSR count). The first-order valence-electron chi connectivity index (χ1n) is 4.26. The maximum absolute atomic E-state index is 4.25. The van der Waals surface area contributed by atoms with Crippen LogP contribution < -0.4 is 0 Å². The SMILES string of the molecule is Cc1ncccc1-c1cc[c]cc1. The van der Waals surface area contributed by atoms with Crippen molar-refractivity contribution in [3.63, 3.8) is 0 Å². The predicted molar refractivity (Wildman–Crippen MR) is 53.2 cm³/mol. The largest absolute Gasteiger partial charge is 0.261 e. The molecule has 63 valence electrons. The first kappa shape index (κ1) is 7.99. The quantitative estimate of drug-likeness (QED) is 0.638. The summed E-state index contributed by atoms with van der Waals surface area (Å²) >= 11 is 0. The fourth-order valence-electron chi connectivity index (χ4n) is 1.36. The molecule has 0 aliphatic heterocycles. The topological polar surface area (TPSA) is 12.9 Å². The Morgan fingerprint density at radius 1 is 1.15 bits per heavy atom. The number of rotatable bonds is 1. The molecule has 0 saturated carbocycles. The van der Waals surface area contributed by atoms with E-state index >= 15 is 0 Å². The summed E-state index contributed by atoms with van der Waals surface area (Å²) in [5, 5.41) is 0. The number of hydrogen-bond donors (Lipinski definition) is 0. The van der Waals surface area contributed by atoms with Crippen LogP contribution in [-0.2, 0) is 0 Å². The summed E-state index contributed by atoms with van der Waals surface area (Å²) < 4.78 is 0. The van der Waals surface area contributed by atoms with E-state index in [0.717, 1.165) is 5.69 Å². The van der Waals surface area contributed by atoms with E-state index in [1.807, 2.05) is 43.5 Å². The third-order valence-electron chi connectivity index (χ3n) is 2.04. The molecule has 1 radical (unpaired) electrons. The molecule has 1 nitrogen and oxygen atoms in total. The average molecular weight is 168 g/mol. The van der Waals surface area contributed by atoms with Crippen molar-refractivity contribution in [2.75, 3.05) is 0 Å². The molecule has 1 aromatic carbocycles. The summed E-state index contributed by atoms with van der Waals surface area (Å²) in [6.45, 7) is 2.02. The van der Waals surface area contributed by atoms with Crippen LogP contribution in [0.2, 0.25) is 0 Å². The lowest BCUT2D eigenvalue weighted by Gasteiger charge is -2.03. The molecule has 0 saturated heterocycles. The zero-order valence-electron chi connectivity index (χ0n) is 7.49. The lowest BCUT2D eigenvalue weighted by molar-refractivity contribution is 1.20. The van der Waals surface area contributed by atoms with Gasteiger partial charge >= 0.3 is 0 Å². The van der Waals surface area contributed by atoms with Crippen LogP contribution in [0.1, 0.15) is 5.69 Å². The molecule has 1 heterocycles. The fourth-order valence-corrected chi connectivity index (χ4v) is 1.36. The van der Waals surface area contributed by atoms with Crippen molar-refractivity contribution in [3.8, 4) is 11.1 Å². The summed E-state index contributed by atoms with van der Waals surface area (Å²) in [4.78, 5) is 4.25. The molecule has 0 amide bonds. The normalized spacial score (nSPS) is 9.92. The highest BCUT2D eigenvalue weighted by Gasteiger charge is 1.99. The highest BCUT2D eigenvalue weighted by molar-refractivity contribution is 5.65. The molecule has 0 aliphatic carbocycles. The minimum atomic E-state index is 1.06. The summed E-state index contributed by atoms with van der Waals surface area (Å²) in [6.07, 6.45) is 1.81. The van der Waals surface area contributed by atoms with Crippen LogP contribution in [0.25, 0.3) is 11.1 Å². The molecule has 0 aliphatic rings. The Morgan fingerprint density at radius 3 is 2.62 bits per heavy atom. The minimum Gasteiger partial charge on any atom is -0.261 e. The molecule has 0 unspecified atom stereocenters. The maximum Gasteiger partial charge on any atom is 0.0450 e. The number of benzene rings is 1. The van der Waals surface area contributed by atoms with Gasteiger partial charge < -0.3 is 0 Å². The molecule has 2 aromatic rings. The number of pyridine rings is 1. The van der Waals surface area contributed by atoms with E-state index in [1.54, 1.807) is 0 Å². The number of aromatic nitrogens is 1. The van der Waals surface area contributed by atoms with E-state index in [9.17, 15) is 0 Å². The van der Waals surface area contributed by atoms with Crippen molar-refractivity contribution in [1.29, 1.82) is 0 Å². The molecular weight excluding hydrogens is 158 g/mol. The first-order valence-corrected chi connectivity index (χ1v) is 4.26. The third-order valence-corrected chi connectivity index (χ3v) is 2.04. The standard InChI is InChI=1S/C12H10N/c1-10-12(8-5-9-13-10)11-6-3-2-4-7-11/h3-9H,1H3. The second-order valence-electron chi connectivity index (χ2n) is 2.93. The van der Waals surface area contributed by atoms with Crippen LogP contribution in [0.4, 0.5) is 0 Å². The van der Waals surface area contributed by atoms with Gasteiger partial charge in [-0.1, -0.05) is 30.3 Å². The Labute approximate surface area is 78.1 Å². The summed E-state index contributed by atoms with van der Waals surface area (Å²) in [5.41, 5.74) is 3.45. The number of nitrogens with zero attached hydrogens (tertiary/aromatic N) is 1. The fraction of sp³-hybridized carbons (Fsp3) is 0.0833. The number of aryl methyl sites for hydroxylation is 1. The number of hydrogen-bond acceptors (Lipinski definition) is 1. The van der Waals surface area contributed by atoms with Crippen LogP contribution >= 0.6 is 0 Å². The van der Waals surface area contributed by atoms with Crippen molar-refractivity contribution >= 4 is 0 Å². The van der Waals surface area contributed by atoms with E-state index in [1.165, 1.54) is 11.1 Å². The molecule has 1 heteroatoms. The lowest BCUT2D eigenvalue weighted by Crippen LogP contribution is -1.85. The van der Waals surface area contributed by atoms with Crippen molar-refractivity contribution in [2.24, 2.45) is 0 Å². The Bertz CT molecular complexity index is 393. The van der Waals surface area contributed by atoms with Crippen molar-refractivity contribution < 1.29 is 0 Å². The van der Waals surface area contributed by atoms with Gasteiger partial charge in [0.15, 0.2) is 0 Å². The zero-order chi connectivity index (χ0) is 9.10. The van der Waals surface area contributed by atoms with E-state index in [-0.39, 0.29) is 0 Å². The Kier molecular flexibility index (Phi) is 2.09. The molecule has 0 spiro atoms. The Hall–Kier alpha value is -1.63. The summed E-state index contributed by atoms with van der Waals surface area (Å²) in [5.74, 6) is 0. The van der Waals surface area contributed by atoms with Crippen LogP contribution in [0, 0.1) is 13.0 Å². The van der Waals surface area contributed by atoms with Crippen LogP contribution in [0.15, 0.2) is 42.6 Å². The molecule has 0 N–H and O–H groups in total. The molecule has 0 bridgehead atoms. The van der Waals surface area contributed by atoms with Gasteiger partial charge in [0.05, 0.1) is 0 Å². The van der Waals surface area contributed by atoms with Gasteiger partial charge in [-0.3, -0.25) is 4.98 Å². The highest BCUT2D eigenvalue weighted by Crippen LogP contribution is 2.20. The molecule has 0 fully saturated rings. The molecule has 1 aromatic heterocycles. The third kappa shape index (κ3) is 1.59. The zero-order valence-corrected chi connectivity index (χ0v) is 7.49. The first-order chi connectivity index (χ1) is 6.38. The van der Waals surface area contributed by atoms with Crippen LogP contribution in [0.3, 0.4) is 0 Å². The van der Waals surface area contributed by atoms with Gasteiger partial charge in [-0.25, -0.2) is 0 Å². The van der Waals surface area contributed by atoms with E-state index in [4.69, 9.17) is 0 Å². The smallest absolute Gasteiger partial charge is 0.0450 e. The van der Waals surface area contributed by atoms with Gasteiger partial charge in [-0.2, -0.15) is 0 Å². The Morgan fingerprint density at radius 2 is 1.92 bits per heavy atom. The minimum absolute atomic E-state index is 1.06. The molecule has 13 heavy (non-hydrogen) atoms. The monoisotopic (exact) mass is 168 g/mol. The highest BCUT2D eigenvalue weighted by atomic mass is 14.7. The van der Waals surface area contributed by atoms with Crippen LogP contribution in [0.5, 0.6) is 0 Å². The maximum atomic E-state index is 4.25. The van der Waals surface area contributed by atoms with Crippen LogP contribution in [-0.4, -0.2) is 4.98 Å². The Balaban J connectivity index is 2.54. The van der Waals surface area contributed by atoms with Gasteiger partial charge in [0.1, 0.15) is 0 Å². The predicted octanol–water partition coefficient (Wildman–Crippen LogP) is 2.86. The van der Waals surface area contributed by atoms with Gasteiger partial charge in [0.25, 0.3) is 0 Å². The van der Waals surface area contributed by atoms with E-state index < -0.39 is 0 Å².